The molecule has 0 amide bonds. The molecule has 0 unspecified atom stereocenters. The molecular formula is C27H28N8S3. The Bertz CT molecular complexity index is 1480. The second-order valence-corrected chi connectivity index (χ2v) is 12.4. The topological polar surface area (TPSA) is 90.3 Å². The van der Waals surface area contributed by atoms with Gasteiger partial charge in [-0.05, 0) is 92.1 Å². The van der Waals surface area contributed by atoms with Crippen LogP contribution in [0.2, 0.25) is 0 Å². The molecule has 11 heteroatoms. The molecule has 5 rings (SSSR count). The van der Waals surface area contributed by atoms with Gasteiger partial charge in [-0.2, -0.15) is 10.2 Å². The van der Waals surface area contributed by atoms with Crippen LogP contribution < -0.4 is 4.90 Å². The molecule has 0 atom stereocenters. The molecule has 1 aliphatic rings. The molecule has 0 spiro atoms. The minimum atomic E-state index is 0.657. The van der Waals surface area contributed by atoms with Crippen LogP contribution in [0.5, 0.6) is 0 Å². The standard InChI is InChI=1S/C27H28N8S3/c1-4-36-26-17-28-27(38-26)34-32-23-10-7-20(15-19(23)3)29-31-22-9-8-21(16-18(22)2)30-33-24-11-12-25(37-24)35-13-5-6-14-35/h7-12,15-17H,4-6,13-14H2,1-3H3. The third-order valence-corrected chi connectivity index (χ3v) is 8.88. The number of azo groups is 3. The third-order valence-electron chi connectivity index (χ3n) is 5.90. The minimum absolute atomic E-state index is 0.657. The zero-order valence-electron chi connectivity index (χ0n) is 21.5. The number of aryl methyl sites for hydroxylation is 2. The average Bonchev–Trinajstić information content (AvgIpc) is 3.69. The molecule has 0 N–H and O–H groups in total. The summed E-state index contributed by atoms with van der Waals surface area (Å²) in [6.45, 7) is 8.37. The molecule has 194 valence electrons. The maximum atomic E-state index is 4.45. The van der Waals surface area contributed by atoms with Crippen molar-refractivity contribution in [2.75, 3.05) is 23.7 Å². The molecule has 0 aliphatic carbocycles. The molecule has 2 aromatic heterocycles. The van der Waals surface area contributed by atoms with E-state index in [-0.39, 0.29) is 0 Å². The predicted molar refractivity (Wildman–Crippen MR) is 159 cm³/mol. The molecule has 2 aromatic carbocycles. The first-order valence-corrected chi connectivity index (χ1v) is 15.1. The number of thiophene rings is 1. The van der Waals surface area contributed by atoms with Crippen LogP contribution in [0.3, 0.4) is 0 Å². The third kappa shape index (κ3) is 6.77. The lowest BCUT2D eigenvalue weighted by atomic mass is 10.2. The molecule has 0 radical (unpaired) electrons. The Morgan fingerprint density at radius 3 is 2.11 bits per heavy atom. The van der Waals surface area contributed by atoms with Crippen LogP contribution in [0.15, 0.2) is 89.6 Å². The van der Waals surface area contributed by atoms with Crippen LogP contribution in [0.25, 0.3) is 0 Å². The molecule has 4 aromatic rings. The quantitative estimate of drug-likeness (QED) is 0.151. The largest absolute Gasteiger partial charge is 0.363 e. The normalized spacial score (nSPS) is 14.1. The Hall–Kier alpha value is -3.28. The lowest BCUT2D eigenvalue weighted by Gasteiger charge is -2.13. The molecule has 0 saturated carbocycles. The number of benzene rings is 2. The van der Waals surface area contributed by atoms with Gasteiger partial charge >= 0.3 is 0 Å². The lowest BCUT2D eigenvalue weighted by molar-refractivity contribution is 0.949. The number of hydrogen-bond acceptors (Lipinski definition) is 11. The highest BCUT2D eigenvalue weighted by atomic mass is 32.2. The van der Waals surface area contributed by atoms with Crippen LogP contribution in [-0.4, -0.2) is 23.8 Å². The van der Waals surface area contributed by atoms with Crippen molar-refractivity contribution < 1.29 is 0 Å². The van der Waals surface area contributed by atoms with Crippen molar-refractivity contribution >= 4 is 72.3 Å². The first-order chi connectivity index (χ1) is 18.6. The fourth-order valence-corrected chi connectivity index (χ4v) is 6.50. The summed E-state index contributed by atoms with van der Waals surface area (Å²) in [5.74, 6) is 1.01. The first kappa shape index (κ1) is 26.3. The Balaban J connectivity index is 1.21. The molecule has 38 heavy (non-hydrogen) atoms. The average molecular weight is 561 g/mol. The Labute approximate surface area is 234 Å². The van der Waals surface area contributed by atoms with Gasteiger partial charge in [0.05, 0.1) is 38.2 Å². The summed E-state index contributed by atoms with van der Waals surface area (Å²) in [5.41, 5.74) is 5.09. The van der Waals surface area contributed by atoms with Crippen molar-refractivity contribution in [1.82, 2.24) is 4.98 Å². The van der Waals surface area contributed by atoms with Crippen molar-refractivity contribution in [2.45, 2.75) is 37.8 Å². The molecule has 1 saturated heterocycles. The van der Waals surface area contributed by atoms with Crippen molar-refractivity contribution in [2.24, 2.45) is 30.7 Å². The first-order valence-electron chi connectivity index (χ1n) is 12.5. The lowest BCUT2D eigenvalue weighted by Crippen LogP contribution is -2.15. The van der Waals surface area contributed by atoms with E-state index in [1.54, 1.807) is 34.4 Å². The van der Waals surface area contributed by atoms with Gasteiger partial charge in [0.15, 0.2) is 0 Å². The Morgan fingerprint density at radius 1 is 0.789 bits per heavy atom. The van der Waals surface area contributed by atoms with E-state index in [2.05, 4.69) is 53.6 Å². The van der Waals surface area contributed by atoms with E-state index in [1.807, 2.05) is 62.5 Å². The highest BCUT2D eigenvalue weighted by Gasteiger charge is 2.14. The highest BCUT2D eigenvalue weighted by molar-refractivity contribution is 8.01. The van der Waals surface area contributed by atoms with Crippen molar-refractivity contribution in [3.63, 3.8) is 0 Å². The summed E-state index contributed by atoms with van der Waals surface area (Å²) in [4.78, 5) is 6.72. The zero-order valence-corrected chi connectivity index (χ0v) is 24.0. The summed E-state index contributed by atoms with van der Waals surface area (Å²) in [6.07, 6.45) is 4.37. The number of hydrogen-bond donors (Lipinski definition) is 0. The fraction of sp³-hybridized carbons (Fsp3) is 0.296. The molecule has 8 nitrogen and oxygen atoms in total. The summed E-state index contributed by atoms with van der Waals surface area (Å²) in [7, 11) is 0. The van der Waals surface area contributed by atoms with E-state index in [0.717, 1.165) is 61.9 Å². The van der Waals surface area contributed by atoms with Crippen LogP contribution in [0.1, 0.15) is 30.9 Å². The predicted octanol–water partition coefficient (Wildman–Crippen LogP) is 10.8. The fourth-order valence-electron chi connectivity index (χ4n) is 3.93. The van der Waals surface area contributed by atoms with Gasteiger partial charge in [-0.1, -0.05) is 29.6 Å². The van der Waals surface area contributed by atoms with Crippen LogP contribution >= 0.6 is 34.4 Å². The van der Waals surface area contributed by atoms with Gasteiger partial charge in [-0.25, -0.2) is 4.98 Å². The van der Waals surface area contributed by atoms with E-state index in [4.69, 9.17) is 0 Å². The van der Waals surface area contributed by atoms with Gasteiger partial charge in [-0.15, -0.1) is 32.2 Å². The number of anilines is 1. The highest BCUT2D eigenvalue weighted by Crippen LogP contribution is 2.36. The monoisotopic (exact) mass is 560 g/mol. The molecule has 1 aliphatic heterocycles. The molecule has 3 heterocycles. The van der Waals surface area contributed by atoms with Crippen LogP contribution in [0.4, 0.5) is 37.9 Å². The van der Waals surface area contributed by atoms with Gasteiger partial charge in [0.25, 0.3) is 0 Å². The maximum Gasteiger partial charge on any atom is 0.230 e. The summed E-state index contributed by atoms with van der Waals surface area (Å²) >= 11 is 4.98. The van der Waals surface area contributed by atoms with E-state index in [1.165, 1.54) is 17.8 Å². The molecule has 0 bridgehead atoms. The van der Waals surface area contributed by atoms with Crippen molar-refractivity contribution in [3.05, 3.63) is 65.9 Å². The molecular weight excluding hydrogens is 533 g/mol. The van der Waals surface area contributed by atoms with Gasteiger partial charge in [-0.3, -0.25) is 0 Å². The smallest absolute Gasteiger partial charge is 0.230 e. The minimum Gasteiger partial charge on any atom is -0.363 e. The van der Waals surface area contributed by atoms with Crippen molar-refractivity contribution in [1.29, 1.82) is 0 Å². The van der Waals surface area contributed by atoms with E-state index in [9.17, 15) is 0 Å². The van der Waals surface area contributed by atoms with Gasteiger partial charge in [0.2, 0.25) is 5.13 Å². The van der Waals surface area contributed by atoms with Gasteiger partial charge in [0, 0.05) is 13.1 Å². The number of rotatable bonds is 9. The summed E-state index contributed by atoms with van der Waals surface area (Å²) in [5, 5.41) is 29.2. The Morgan fingerprint density at radius 2 is 1.45 bits per heavy atom. The maximum absolute atomic E-state index is 4.45. The van der Waals surface area contributed by atoms with E-state index in [0.29, 0.717) is 5.13 Å². The zero-order chi connectivity index (χ0) is 26.3. The Kier molecular flexibility index (Phi) is 8.67. The summed E-state index contributed by atoms with van der Waals surface area (Å²) < 4.78 is 1.15. The number of thiazole rings is 1. The molecule has 1 fully saturated rings. The van der Waals surface area contributed by atoms with Crippen LogP contribution in [0, 0.1) is 13.8 Å². The van der Waals surface area contributed by atoms with Crippen LogP contribution in [-0.2, 0) is 0 Å². The second kappa shape index (κ2) is 12.5. The summed E-state index contributed by atoms with van der Waals surface area (Å²) in [6, 6.07) is 15.7. The number of thioether (sulfide) groups is 1. The number of aromatic nitrogens is 1. The van der Waals surface area contributed by atoms with E-state index >= 15 is 0 Å². The second-order valence-electron chi connectivity index (χ2n) is 8.74. The number of nitrogens with zero attached hydrogens (tertiary/aromatic N) is 8. The van der Waals surface area contributed by atoms with E-state index < -0.39 is 0 Å². The van der Waals surface area contributed by atoms with Crippen molar-refractivity contribution in [3.8, 4) is 0 Å². The van der Waals surface area contributed by atoms with Gasteiger partial charge < -0.3 is 4.90 Å². The SMILES string of the molecule is CCSc1cnc(N=Nc2ccc(N=Nc3ccc(N=Nc4ccc(N5CCCC5)s4)cc3C)cc2C)s1. The van der Waals surface area contributed by atoms with Gasteiger partial charge in [0.1, 0.15) is 5.00 Å².